The van der Waals surface area contributed by atoms with E-state index in [0.29, 0.717) is 37.9 Å². The Morgan fingerprint density at radius 1 is 1.00 bits per heavy atom. The molecule has 7 rings (SSSR count). The largest absolute Gasteiger partial charge is 0.507 e. The lowest BCUT2D eigenvalue weighted by Crippen LogP contribution is -2.53. The fraction of sp³-hybridized carbons (Fsp3) is 0.286. The van der Waals surface area contributed by atoms with E-state index in [1.165, 1.54) is 13.2 Å². The van der Waals surface area contributed by atoms with E-state index in [1.54, 1.807) is 61.5 Å². The smallest absolute Gasteiger partial charge is 0.328 e. The van der Waals surface area contributed by atoms with E-state index < -0.39 is 64.7 Å². The number of urea groups is 1. The van der Waals surface area contributed by atoms with E-state index in [-0.39, 0.29) is 29.3 Å². The number of imide groups is 4. The van der Waals surface area contributed by atoms with Crippen LogP contribution in [0.4, 0.5) is 10.5 Å². The van der Waals surface area contributed by atoms with Gasteiger partial charge in [-0.15, -0.1) is 0 Å². The van der Waals surface area contributed by atoms with Crippen LogP contribution < -0.4 is 15.9 Å². The van der Waals surface area contributed by atoms with E-state index in [0.717, 1.165) is 5.01 Å². The lowest BCUT2D eigenvalue weighted by molar-refractivity contribution is -0.139. The molecule has 48 heavy (non-hydrogen) atoms. The third-order valence-corrected chi connectivity index (χ3v) is 10.9. The highest BCUT2D eigenvalue weighted by molar-refractivity contribution is 6.36. The van der Waals surface area contributed by atoms with Crippen LogP contribution in [0.2, 0.25) is 10.0 Å². The third-order valence-electron chi connectivity index (χ3n) is 10.4. The number of phenolic OH excluding ortho intramolecular Hbond substituents is 1. The van der Waals surface area contributed by atoms with Crippen LogP contribution in [0.15, 0.2) is 72.3 Å². The predicted molar refractivity (Wildman–Crippen MR) is 175 cm³/mol. The number of nitrogens with zero attached hydrogens (tertiary/aromatic N) is 2. The number of hydrogen-bond acceptors (Lipinski definition) is 8. The number of hydrazine groups is 1. The molecule has 3 aromatic rings. The number of aryl methyl sites for hydroxylation is 1. The van der Waals surface area contributed by atoms with E-state index in [1.807, 2.05) is 6.08 Å². The molecule has 6 atom stereocenters. The first-order valence-corrected chi connectivity index (χ1v) is 16.1. The molecule has 3 fully saturated rings. The Balaban J connectivity index is 1.48. The molecular weight excluding hydrogens is 659 g/mol. The highest BCUT2D eigenvalue weighted by atomic mass is 35.5. The number of para-hydroxylation sites is 1. The molecule has 0 radical (unpaired) electrons. The zero-order valence-corrected chi connectivity index (χ0v) is 27.3. The molecule has 6 amide bonds. The van der Waals surface area contributed by atoms with Gasteiger partial charge < -0.3 is 15.6 Å². The molecule has 13 heteroatoms. The number of fused-ring (bicyclic) bond motifs is 4. The molecular formula is C35H30Cl2N4O7. The van der Waals surface area contributed by atoms with Crippen molar-refractivity contribution in [2.45, 2.75) is 31.1 Å². The Morgan fingerprint density at radius 2 is 1.73 bits per heavy atom. The van der Waals surface area contributed by atoms with Gasteiger partial charge in [-0.25, -0.2) is 4.79 Å². The second-order valence-corrected chi connectivity index (χ2v) is 13.4. The summed E-state index contributed by atoms with van der Waals surface area (Å²) in [5, 5.41) is 13.1. The van der Waals surface area contributed by atoms with E-state index in [2.05, 4.69) is 5.43 Å². The molecule has 0 bridgehead atoms. The van der Waals surface area contributed by atoms with Crippen molar-refractivity contribution < 1.29 is 33.8 Å². The van der Waals surface area contributed by atoms with Crippen molar-refractivity contribution in [3.8, 4) is 11.5 Å². The van der Waals surface area contributed by atoms with Gasteiger partial charge in [0.1, 0.15) is 11.5 Å². The number of aromatic hydroxyl groups is 1. The van der Waals surface area contributed by atoms with Gasteiger partial charge >= 0.3 is 6.03 Å². The summed E-state index contributed by atoms with van der Waals surface area (Å²) in [5.74, 6) is -6.83. The number of allylic oxidation sites excluding steroid dienone is 2. The van der Waals surface area contributed by atoms with Crippen LogP contribution >= 0.6 is 23.2 Å². The van der Waals surface area contributed by atoms with Crippen LogP contribution in [0, 0.1) is 30.6 Å². The normalized spacial score (nSPS) is 27.8. The second kappa shape index (κ2) is 11.4. The lowest BCUT2D eigenvalue weighted by Gasteiger charge is -2.50. The van der Waals surface area contributed by atoms with Crippen molar-refractivity contribution in [1.29, 1.82) is 0 Å². The molecule has 2 aliphatic carbocycles. The Morgan fingerprint density at radius 3 is 2.40 bits per heavy atom. The summed E-state index contributed by atoms with van der Waals surface area (Å²) in [4.78, 5) is 69.6. The summed E-state index contributed by atoms with van der Waals surface area (Å²) in [6.07, 6.45) is 1.91. The Labute approximate surface area is 285 Å². The van der Waals surface area contributed by atoms with Gasteiger partial charge in [-0.1, -0.05) is 65.2 Å². The average Bonchev–Trinajstić information content (AvgIpc) is 3.44. The number of amides is 6. The summed E-state index contributed by atoms with van der Waals surface area (Å²) < 4.78 is 5.40. The number of halogens is 2. The topological polar surface area (TPSA) is 159 Å². The first-order valence-electron chi connectivity index (χ1n) is 15.3. The number of phenols is 1. The van der Waals surface area contributed by atoms with Crippen molar-refractivity contribution in [1.82, 2.24) is 9.91 Å². The van der Waals surface area contributed by atoms with Gasteiger partial charge in [0.25, 0.3) is 11.8 Å². The number of anilines is 1. The van der Waals surface area contributed by atoms with E-state index >= 15 is 4.79 Å². The van der Waals surface area contributed by atoms with Gasteiger partial charge in [0.2, 0.25) is 11.8 Å². The molecule has 246 valence electrons. The molecule has 2 saturated heterocycles. The van der Waals surface area contributed by atoms with E-state index in [4.69, 9.17) is 33.7 Å². The molecule has 0 aromatic heterocycles. The Bertz CT molecular complexity index is 1960. The number of nitrogens with two attached hydrogens (primary N) is 1. The number of carbonyl (C=O) groups is 5. The standard InChI is InChI=1S/C35H30Cl2N4O7/c1-16-4-3-5-22(29(16)42)28-20-11-12-21-27(32(45)40(30(21)43)34(38)47)23(20)15-24-31(44)41(39-26-13-8-18(36)14-25(26)37)33(46)35(24,28)17-6-9-19(48-2)10-7-17/h3-11,13-14,21,23-24,27-28,39,42H,12,15H2,1-2H3,(H2,38,47). The molecule has 0 spiro atoms. The maximum Gasteiger partial charge on any atom is 0.328 e. The number of ether oxygens (including phenoxy) is 1. The van der Waals surface area contributed by atoms with Crippen molar-refractivity contribution in [3.05, 3.63) is 99.0 Å². The van der Waals surface area contributed by atoms with Crippen molar-refractivity contribution in [2.75, 3.05) is 12.5 Å². The summed E-state index contributed by atoms with van der Waals surface area (Å²) in [7, 11) is 1.51. The first-order chi connectivity index (χ1) is 22.9. The predicted octanol–water partition coefficient (Wildman–Crippen LogP) is 5.08. The fourth-order valence-corrected chi connectivity index (χ4v) is 8.77. The van der Waals surface area contributed by atoms with Crippen LogP contribution in [-0.2, 0) is 24.6 Å². The van der Waals surface area contributed by atoms with Crippen LogP contribution in [-0.4, -0.2) is 51.8 Å². The van der Waals surface area contributed by atoms with Crippen molar-refractivity contribution in [3.63, 3.8) is 0 Å². The maximum absolute atomic E-state index is 15.2. The minimum Gasteiger partial charge on any atom is -0.507 e. The number of nitrogens with one attached hydrogen (secondary N) is 1. The molecule has 2 aliphatic heterocycles. The van der Waals surface area contributed by atoms with Gasteiger partial charge in [0, 0.05) is 16.5 Å². The number of benzene rings is 3. The zero-order chi connectivity index (χ0) is 34.2. The van der Waals surface area contributed by atoms with Crippen LogP contribution in [0.25, 0.3) is 0 Å². The highest BCUT2D eigenvalue weighted by Gasteiger charge is 2.71. The van der Waals surface area contributed by atoms with Gasteiger partial charge in [-0.3, -0.25) is 24.6 Å². The van der Waals surface area contributed by atoms with Crippen LogP contribution in [0.3, 0.4) is 0 Å². The molecule has 11 nitrogen and oxygen atoms in total. The van der Waals surface area contributed by atoms with Crippen LogP contribution in [0.5, 0.6) is 11.5 Å². The van der Waals surface area contributed by atoms with Crippen molar-refractivity contribution >= 4 is 58.5 Å². The van der Waals surface area contributed by atoms with E-state index in [9.17, 15) is 24.3 Å². The SMILES string of the molecule is COc1ccc(C23C(=O)N(Nc4ccc(Cl)cc4Cl)C(=O)C2CC2C(=CCC4C(=O)N(C(N)=O)C(=O)C42)C3c2cccc(C)c2O)cc1. The number of hydrogen-bond donors (Lipinski definition) is 3. The minimum absolute atomic E-state index is 0.00910. The average molecular weight is 690 g/mol. The van der Waals surface area contributed by atoms with Gasteiger partial charge in [0.05, 0.1) is 41.0 Å². The summed E-state index contributed by atoms with van der Waals surface area (Å²) >= 11 is 12.6. The van der Waals surface area contributed by atoms with Gasteiger partial charge in [-0.05, 0) is 67.1 Å². The third kappa shape index (κ3) is 4.37. The molecule has 3 aromatic carbocycles. The number of primary amides is 1. The van der Waals surface area contributed by atoms with Crippen LogP contribution in [0.1, 0.15) is 35.4 Å². The minimum atomic E-state index is -1.63. The maximum atomic E-state index is 15.2. The Kier molecular flexibility index (Phi) is 7.52. The molecule has 2 heterocycles. The quantitative estimate of drug-likeness (QED) is 0.247. The lowest BCUT2D eigenvalue weighted by atomic mass is 9.49. The van der Waals surface area contributed by atoms with Gasteiger partial charge in [0.15, 0.2) is 0 Å². The highest BCUT2D eigenvalue weighted by Crippen LogP contribution is 2.65. The molecule has 4 N–H and O–H groups in total. The Hall–Kier alpha value is -4.87. The molecule has 6 unspecified atom stereocenters. The number of methoxy groups -OCH3 is 1. The molecule has 4 aliphatic rings. The number of rotatable bonds is 5. The fourth-order valence-electron chi connectivity index (χ4n) is 8.32. The molecule has 1 saturated carbocycles. The van der Waals surface area contributed by atoms with Crippen molar-refractivity contribution in [2.24, 2.45) is 29.4 Å². The summed E-state index contributed by atoms with van der Waals surface area (Å²) in [6, 6.07) is 15.4. The van der Waals surface area contributed by atoms with Gasteiger partial charge in [-0.2, -0.15) is 9.91 Å². The monoisotopic (exact) mass is 688 g/mol. The zero-order valence-electron chi connectivity index (χ0n) is 25.8. The first kappa shape index (κ1) is 31.7. The summed E-state index contributed by atoms with van der Waals surface area (Å²) in [5.41, 5.74) is 9.02. The number of likely N-dealkylation sites (tertiary alicyclic amines) is 1. The second-order valence-electron chi connectivity index (χ2n) is 12.6. The summed E-state index contributed by atoms with van der Waals surface area (Å²) in [6.45, 7) is 1.73. The number of carbonyl (C=O) groups excluding carboxylic acids is 5.